The van der Waals surface area contributed by atoms with E-state index in [9.17, 15) is 21.6 Å². The van der Waals surface area contributed by atoms with Crippen LogP contribution >= 0.6 is 23.2 Å². The lowest BCUT2D eigenvalue weighted by Gasteiger charge is -2.37. The Hall–Kier alpha value is -8.15. The highest BCUT2D eigenvalue weighted by molar-refractivity contribution is 7.89. The van der Waals surface area contributed by atoms with Crippen molar-refractivity contribution in [2.24, 2.45) is 0 Å². The molecular weight excluding hydrogens is 1160 g/mol. The van der Waals surface area contributed by atoms with Gasteiger partial charge >= 0.3 is 6.16 Å². The van der Waals surface area contributed by atoms with Crippen LogP contribution in [0.15, 0.2) is 256 Å². The molecule has 2 atom stereocenters. The first-order chi connectivity index (χ1) is 41.8. The zero-order valence-electron chi connectivity index (χ0n) is 47.2. The monoisotopic (exact) mass is 1220 g/mol. The number of benzene rings is 8. The van der Waals surface area contributed by atoms with Crippen LogP contribution < -0.4 is 9.44 Å². The van der Waals surface area contributed by atoms with Gasteiger partial charge in [0.25, 0.3) is 0 Å². The van der Waals surface area contributed by atoms with E-state index in [2.05, 4.69) is 91.4 Å². The third kappa shape index (κ3) is 15.1. The summed E-state index contributed by atoms with van der Waals surface area (Å²) in [5.74, 6) is -1.21. The van der Waals surface area contributed by atoms with Gasteiger partial charge in [-0.25, -0.2) is 41.0 Å². The fourth-order valence-corrected chi connectivity index (χ4v) is 13.9. The largest absolute Gasteiger partial charge is 0.508 e. The molecule has 17 heteroatoms. The Labute approximate surface area is 513 Å². The van der Waals surface area contributed by atoms with E-state index in [0.717, 1.165) is 44.8 Å². The first-order valence-electron chi connectivity index (χ1n) is 28.5. The summed E-state index contributed by atoms with van der Waals surface area (Å²) in [4.78, 5) is 24.0. The van der Waals surface area contributed by atoms with Crippen LogP contribution in [0.1, 0.15) is 81.6 Å². The van der Waals surface area contributed by atoms with Gasteiger partial charge < -0.3 is 18.6 Å². The number of nitrogens with zero attached hydrogens (tertiary/aromatic N) is 4. The van der Waals surface area contributed by atoms with Gasteiger partial charge in [0.1, 0.15) is 34.8 Å². The number of carbonyl (C=O) groups is 1. The Kier molecular flexibility index (Phi) is 20.1. The first-order valence-corrected chi connectivity index (χ1v) is 32.6. The number of rotatable bonds is 28. The number of hydrogen-bond donors (Lipinski definition) is 2. The summed E-state index contributed by atoms with van der Waals surface area (Å²) in [6.07, 6.45) is 5.70. The van der Waals surface area contributed by atoms with Gasteiger partial charge in [-0.2, -0.15) is 0 Å². The third-order valence-electron chi connectivity index (χ3n) is 15.3. The smallest absolute Gasteiger partial charge is 0.430 e. The van der Waals surface area contributed by atoms with E-state index in [4.69, 9.17) is 42.6 Å². The Morgan fingerprint density at radius 1 is 0.430 bits per heavy atom. The molecule has 0 amide bonds. The maximum absolute atomic E-state index is 14.2. The van der Waals surface area contributed by atoms with Crippen molar-refractivity contribution in [3.05, 3.63) is 322 Å². The van der Waals surface area contributed by atoms with Crippen LogP contribution in [0.3, 0.4) is 0 Å². The van der Waals surface area contributed by atoms with Gasteiger partial charge in [-0.15, -0.1) is 0 Å². The molecule has 0 fully saturated rings. The molecule has 13 nitrogen and oxygen atoms in total. The molecule has 0 aliphatic rings. The molecule has 0 radical (unpaired) electrons. The maximum Gasteiger partial charge on any atom is 0.508 e. The molecule has 0 bridgehead atoms. The second-order valence-corrected chi connectivity index (χ2v) is 25.7. The van der Waals surface area contributed by atoms with Gasteiger partial charge in [0.15, 0.2) is 0 Å². The summed E-state index contributed by atoms with van der Waals surface area (Å²) >= 11 is 12.2. The van der Waals surface area contributed by atoms with Gasteiger partial charge in [0.05, 0.1) is 24.0 Å². The lowest BCUT2D eigenvalue weighted by molar-refractivity contribution is 0.00454. The van der Waals surface area contributed by atoms with Crippen LogP contribution in [0.4, 0.5) is 4.79 Å². The number of aromatic nitrogens is 4. The summed E-state index contributed by atoms with van der Waals surface area (Å²) in [6, 6.07) is 74.9. The maximum atomic E-state index is 14.2. The van der Waals surface area contributed by atoms with Crippen LogP contribution in [0, 0.1) is 0 Å². The van der Waals surface area contributed by atoms with Crippen LogP contribution in [-0.2, 0) is 66.5 Å². The van der Waals surface area contributed by atoms with Gasteiger partial charge in [0, 0.05) is 35.5 Å². The van der Waals surface area contributed by atoms with Crippen LogP contribution in [0.25, 0.3) is 0 Å². The topological polar surface area (TPSA) is 164 Å². The number of sulfonamides is 2. The molecule has 2 aromatic heterocycles. The fourth-order valence-electron chi connectivity index (χ4n) is 11.2. The molecule has 0 aliphatic heterocycles. The quantitative estimate of drug-likeness (QED) is 0.0359. The lowest BCUT2D eigenvalue weighted by Crippen LogP contribution is -2.37. The van der Waals surface area contributed by atoms with Crippen molar-refractivity contribution in [2.45, 2.75) is 74.9 Å². The SMILES string of the molecule is O=C(OC(CCCc1cn(C(c2ccccc2)(c2ccccc2)c2ccccc2)cn1)CS(=O)(=O)NCc1ccc(Cl)cc1)OC(CCCc1cn(C(c2ccccc2)(c2ccccc2)c2ccccc2)cn1)CS(=O)(=O)NCc1ccc(Cl)cc1. The number of carbonyl (C=O) groups excluding carboxylic acids is 1. The fraction of sp³-hybridized carbons (Fsp3) is 0.203. The molecule has 86 heavy (non-hydrogen) atoms. The zero-order chi connectivity index (χ0) is 59.8. The van der Waals surface area contributed by atoms with E-state index in [-0.39, 0.29) is 25.9 Å². The van der Waals surface area contributed by atoms with E-state index in [0.29, 0.717) is 46.9 Å². The molecular formula is C69H66Cl2N6O7S2. The molecule has 10 rings (SSSR count). The minimum Gasteiger partial charge on any atom is -0.430 e. The third-order valence-corrected chi connectivity index (χ3v) is 18.6. The summed E-state index contributed by atoms with van der Waals surface area (Å²) in [5.41, 5.74) is 7.35. The normalized spacial score (nSPS) is 12.8. The average molecular weight is 1230 g/mol. The van der Waals surface area contributed by atoms with E-state index in [1.807, 2.05) is 134 Å². The predicted octanol–water partition coefficient (Wildman–Crippen LogP) is 13.5. The minimum atomic E-state index is -4.10. The molecule has 0 saturated carbocycles. The Morgan fingerprint density at radius 2 is 0.709 bits per heavy atom. The lowest BCUT2D eigenvalue weighted by atomic mass is 9.77. The van der Waals surface area contributed by atoms with Crippen LogP contribution in [-0.4, -0.2) is 65.8 Å². The zero-order valence-corrected chi connectivity index (χ0v) is 50.3. The molecule has 2 unspecified atom stereocenters. The number of ether oxygens (including phenoxy) is 2. The highest BCUT2D eigenvalue weighted by atomic mass is 35.5. The molecule has 2 N–H and O–H groups in total. The van der Waals surface area contributed by atoms with E-state index >= 15 is 0 Å². The number of aryl methyl sites for hydroxylation is 2. The van der Waals surface area contributed by atoms with Gasteiger partial charge in [-0.05, 0) is 107 Å². The Morgan fingerprint density at radius 3 is 0.988 bits per heavy atom. The number of nitrogens with one attached hydrogen (secondary N) is 2. The molecule has 0 saturated heterocycles. The molecule has 10 aromatic rings. The first kappa shape index (κ1) is 61.0. The molecule has 0 spiro atoms. The van der Waals surface area contributed by atoms with Gasteiger partial charge in [-0.1, -0.05) is 229 Å². The number of hydrogen-bond acceptors (Lipinski definition) is 9. The van der Waals surface area contributed by atoms with Gasteiger partial charge in [-0.3, -0.25) is 0 Å². The van der Waals surface area contributed by atoms with Gasteiger partial charge in [0.2, 0.25) is 20.0 Å². The molecule has 0 aliphatic carbocycles. The predicted molar refractivity (Wildman–Crippen MR) is 339 cm³/mol. The van der Waals surface area contributed by atoms with Crippen molar-refractivity contribution in [1.29, 1.82) is 0 Å². The average Bonchev–Trinajstić information content (AvgIpc) is 1.78. The number of imidazole rings is 2. The summed E-state index contributed by atoms with van der Waals surface area (Å²) in [7, 11) is -8.19. The summed E-state index contributed by atoms with van der Waals surface area (Å²) in [6.45, 7) is -0.0694. The van der Waals surface area contributed by atoms with Crippen molar-refractivity contribution in [3.63, 3.8) is 0 Å². The second kappa shape index (κ2) is 28.4. The summed E-state index contributed by atoms with van der Waals surface area (Å²) in [5, 5.41) is 1.01. The number of halogens is 2. The minimum absolute atomic E-state index is 0.0347. The van der Waals surface area contributed by atoms with Crippen molar-refractivity contribution >= 4 is 49.4 Å². The molecule has 440 valence electrons. The molecule has 2 heterocycles. The van der Waals surface area contributed by atoms with Crippen molar-refractivity contribution in [3.8, 4) is 0 Å². The van der Waals surface area contributed by atoms with Crippen molar-refractivity contribution in [2.75, 3.05) is 11.5 Å². The van der Waals surface area contributed by atoms with Crippen molar-refractivity contribution in [1.82, 2.24) is 28.5 Å². The van der Waals surface area contributed by atoms with E-state index < -0.39 is 61.0 Å². The second-order valence-electron chi connectivity index (χ2n) is 21.1. The van der Waals surface area contributed by atoms with E-state index in [1.165, 1.54) is 0 Å². The summed E-state index contributed by atoms with van der Waals surface area (Å²) < 4.78 is 77.1. The van der Waals surface area contributed by atoms with Crippen LogP contribution in [0.5, 0.6) is 0 Å². The standard InChI is InChI=1S/C69H66Cl2N6O7S2/c70-61-41-37-53(38-42-61)45-74-85(79,80)49-65(35-19-33-63-47-76(51-72-63)68(55-21-7-1-8-22-55,56-23-9-2-10-24-56)57-25-11-3-12-26-57)83-67(78)84-66(50-86(81,82)75-46-54-39-43-62(71)44-40-54)36-20-34-64-48-77(52-73-64)69(58-27-13-4-14-28-58,59-29-15-5-16-30-59)60-31-17-6-18-32-60/h1-18,21-32,37-44,47-48,51-52,65-66,74-75H,19-20,33-36,45-46,49-50H2. The Balaban J connectivity index is 0.891. The van der Waals surface area contributed by atoms with Crippen LogP contribution in [0.2, 0.25) is 10.0 Å². The van der Waals surface area contributed by atoms with Crippen molar-refractivity contribution < 1.29 is 31.1 Å². The Bertz CT molecular complexity index is 3530. The highest BCUT2D eigenvalue weighted by Gasteiger charge is 2.40. The molecule has 8 aromatic carbocycles. The van der Waals surface area contributed by atoms with E-state index in [1.54, 1.807) is 48.5 Å². The highest BCUT2D eigenvalue weighted by Crippen LogP contribution is 2.42.